The molecule has 1 unspecified atom stereocenters. The summed E-state index contributed by atoms with van der Waals surface area (Å²) in [5, 5.41) is 7.29. The average Bonchev–Trinajstić information content (AvgIpc) is 2.38. The number of anilines is 1. The van der Waals surface area contributed by atoms with Gasteiger partial charge in [-0.2, -0.15) is 5.10 Å². The van der Waals surface area contributed by atoms with Crippen LogP contribution in [0.15, 0.2) is 11.0 Å². The molecule has 0 amide bonds. The molecule has 5 nitrogen and oxygen atoms in total. The fraction of sp³-hybridized carbons (Fsp3) is 0.538. The molecule has 0 fully saturated rings. The fourth-order valence-electron chi connectivity index (χ4n) is 1.75. The first-order chi connectivity index (χ1) is 9.13. The lowest BCUT2D eigenvalue weighted by Gasteiger charge is -2.19. The number of nitrogens with zero attached hydrogens (tertiary/aromatic N) is 2. The number of methoxy groups -OCH3 is 1. The molecule has 0 bridgehead atoms. The maximum Gasteiger partial charge on any atom is 0.292 e. The summed E-state index contributed by atoms with van der Waals surface area (Å²) in [6.45, 7) is 2.68. The van der Waals surface area contributed by atoms with Crippen molar-refractivity contribution < 1.29 is 4.74 Å². The van der Waals surface area contributed by atoms with Crippen LogP contribution in [0, 0.1) is 12.3 Å². The van der Waals surface area contributed by atoms with Crippen molar-refractivity contribution in [2.75, 3.05) is 19.0 Å². The Hall–Kier alpha value is -1.51. The largest absolute Gasteiger partial charge is 0.383 e. The molecule has 0 saturated carbocycles. The van der Waals surface area contributed by atoms with E-state index in [1.165, 1.54) is 10.9 Å². The number of terminal acetylenes is 1. The summed E-state index contributed by atoms with van der Waals surface area (Å²) in [6.07, 6.45) is 8.46. The number of aromatic nitrogens is 2. The van der Waals surface area contributed by atoms with E-state index in [0.717, 1.165) is 12.8 Å². The molecule has 1 aromatic heterocycles. The molecular formula is C13H18ClN3O2. The first-order valence-corrected chi connectivity index (χ1v) is 6.46. The van der Waals surface area contributed by atoms with E-state index in [-0.39, 0.29) is 23.2 Å². The van der Waals surface area contributed by atoms with Gasteiger partial charge in [0, 0.05) is 13.2 Å². The van der Waals surface area contributed by atoms with Crippen LogP contribution in [0.1, 0.15) is 19.8 Å². The fourth-order valence-corrected chi connectivity index (χ4v) is 1.93. The molecule has 1 N–H and O–H groups in total. The summed E-state index contributed by atoms with van der Waals surface area (Å²) >= 11 is 6.02. The van der Waals surface area contributed by atoms with Gasteiger partial charge in [0.2, 0.25) is 0 Å². The third-order valence-corrected chi connectivity index (χ3v) is 2.88. The van der Waals surface area contributed by atoms with Gasteiger partial charge < -0.3 is 10.1 Å². The summed E-state index contributed by atoms with van der Waals surface area (Å²) in [5.41, 5.74) is 0.00470. The van der Waals surface area contributed by atoms with Crippen LogP contribution in [0.5, 0.6) is 0 Å². The number of nitrogens with one attached hydrogen (secondary N) is 1. The lowest BCUT2D eigenvalue weighted by Crippen LogP contribution is -2.32. The van der Waals surface area contributed by atoms with Crippen LogP contribution >= 0.6 is 11.6 Å². The molecule has 0 radical (unpaired) electrons. The van der Waals surface area contributed by atoms with Crippen molar-refractivity contribution in [3.63, 3.8) is 0 Å². The molecule has 0 aliphatic carbocycles. The molecule has 0 spiro atoms. The molecule has 1 rings (SSSR count). The van der Waals surface area contributed by atoms with E-state index in [2.05, 4.69) is 23.3 Å². The van der Waals surface area contributed by atoms with Crippen LogP contribution in [0.4, 0.5) is 5.69 Å². The first-order valence-electron chi connectivity index (χ1n) is 6.08. The number of hydrogen-bond acceptors (Lipinski definition) is 4. The molecule has 0 aromatic carbocycles. The van der Waals surface area contributed by atoms with Gasteiger partial charge in [0.15, 0.2) is 0 Å². The second-order valence-corrected chi connectivity index (χ2v) is 4.53. The third kappa shape index (κ3) is 4.27. The van der Waals surface area contributed by atoms with Gasteiger partial charge in [-0.25, -0.2) is 4.68 Å². The predicted molar refractivity (Wildman–Crippen MR) is 76.5 cm³/mol. The van der Waals surface area contributed by atoms with E-state index in [4.69, 9.17) is 22.8 Å². The highest BCUT2D eigenvalue weighted by Gasteiger charge is 2.14. The highest BCUT2D eigenvalue weighted by Crippen LogP contribution is 2.17. The summed E-state index contributed by atoms with van der Waals surface area (Å²) < 4.78 is 6.32. The van der Waals surface area contributed by atoms with Gasteiger partial charge in [0.05, 0.1) is 17.8 Å². The summed E-state index contributed by atoms with van der Waals surface area (Å²) in [4.78, 5) is 12.1. The minimum Gasteiger partial charge on any atom is -0.383 e. The van der Waals surface area contributed by atoms with E-state index < -0.39 is 0 Å². The normalized spacial score (nSPS) is 11.9. The summed E-state index contributed by atoms with van der Waals surface area (Å²) in [6, 6.07) is 0.0295. The highest BCUT2D eigenvalue weighted by molar-refractivity contribution is 6.33. The Morgan fingerprint density at radius 3 is 3.00 bits per heavy atom. The van der Waals surface area contributed by atoms with E-state index in [1.807, 2.05) is 0 Å². The maximum absolute atomic E-state index is 12.1. The van der Waals surface area contributed by atoms with Crippen LogP contribution in [-0.2, 0) is 11.3 Å². The van der Waals surface area contributed by atoms with Crippen molar-refractivity contribution in [1.82, 2.24) is 9.78 Å². The molecule has 1 aromatic rings. The quantitative estimate of drug-likeness (QED) is 0.775. The molecule has 0 aliphatic rings. The van der Waals surface area contributed by atoms with Gasteiger partial charge in [-0.1, -0.05) is 30.9 Å². The van der Waals surface area contributed by atoms with Crippen molar-refractivity contribution in [2.45, 2.75) is 32.4 Å². The van der Waals surface area contributed by atoms with Gasteiger partial charge >= 0.3 is 0 Å². The molecule has 0 aliphatic heterocycles. The van der Waals surface area contributed by atoms with Crippen molar-refractivity contribution in [1.29, 1.82) is 0 Å². The average molecular weight is 284 g/mol. The van der Waals surface area contributed by atoms with Crippen LogP contribution in [0.2, 0.25) is 5.02 Å². The van der Waals surface area contributed by atoms with Gasteiger partial charge in [-0.3, -0.25) is 4.79 Å². The van der Waals surface area contributed by atoms with Crippen LogP contribution in [0.3, 0.4) is 0 Å². The SMILES string of the molecule is C#CCn1ncc(Cl)c(NC(CCC)COC)c1=O. The molecule has 1 heterocycles. The Kier molecular flexibility index (Phi) is 6.40. The zero-order valence-electron chi connectivity index (χ0n) is 11.1. The van der Waals surface area contributed by atoms with E-state index in [1.54, 1.807) is 7.11 Å². The number of ether oxygens (including phenoxy) is 1. The van der Waals surface area contributed by atoms with Gasteiger partial charge in [-0.15, -0.1) is 6.42 Å². The second kappa shape index (κ2) is 7.82. The summed E-state index contributed by atoms with van der Waals surface area (Å²) in [5.74, 6) is 2.38. The Labute approximate surface area is 117 Å². The minimum absolute atomic E-state index is 0.0295. The van der Waals surface area contributed by atoms with Crippen LogP contribution in [-0.4, -0.2) is 29.5 Å². The lowest BCUT2D eigenvalue weighted by atomic mass is 10.2. The zero-order chi connectivity index (χ0) is 14.3. The number of hydrogen-bond donors (Lipinski definition) is 1. The van der Waals surface area contributed by atoms with Crippen molar-refractivity contribution >= 4 is 17.3 Å². The van der Waals surface area contributed by atoms with Gasteiger partial charge in [0.1, 0.15) is 12.2 Å². The van der Waals surface area contributed by atoms with Gasteiger partial charge in [-0.05, 0) is 6.42 Å². The van der Waals surface area contributed by atoms with Crippen LogP contribution in [0.25, 0.3) is 0 Å². The number of halogens is 1. The standard InChI is InChI=1S/C13H18ClN3O2/c1-4-6-10(9-19-3)16-12-11(14)8-15-17(7-5-2)13(12)18/h2,8,10,16H,4,6-7,9H2,1,3H3. The van der Waals surface area contributed by atoms with E-state index in [0.29, 0.717) is 12.3 Å². The molecule has 0 saturated heterocycles. The second-order valence-electron chi connectivity index (χ2n) is 4.12. The Bertz CT molecular complexity index is 502. The summed E-state index contributed by atoms with van der Waals surface area (Å²) in [7, 11) is 1.62. The highest BCUT2D eigenvalue weighted by atomic mass is 35.5. The Morgan fingerprint density at radius 1 is 1.68 bits per heavy atom. The first kappa shape index (κ1) is 15.5. The molecule has 1 atom stereocenters. The van der Waals surface area contributed by atoms with E-state index in [9.17, 15) is 4.79 Å². The molecule has 19 heavy (non-hydrogen) atoms. The molecule has 104 valence electrons. The minimum atomic E-state index is -0.317. The molecular weight excluding hydrogens is 266 g/mol. The third-order valence-electron chi connectivity index (χ3n) is 2.59. The number of rotatable bonds is 7. The monoisotopic (exact) mass is 283 g/mol. The van der Waals surface area contributed by atoms with E-state index >= 15 is 0 Å². The Balaban J connectivity index is 3.01. The topological polar surface area (TPSA) is 56.1 Å². The van der Waals surface area contributed by atoms with Crippen molar-refractivity contribution in [2.24, 2.45) is 0 Å². The van der Waals surface area contributed by atoms with Crippen LogP contribution < -0.4 is 10.9 Å². The maximum atomic E-state index is 12.1. The predicted octanol–water partition coefficient (Wildman–Crippen LogP) is 1.76. The van der Waals surface area contributed by atoms with Crippen molar-refractivity contribution in [3.8, 4) is 12.3 Å². The Morgan fingerprint density at radius 2 is 2.42 bits per heavy atom. The lowest BCUT2D eigenvalue weighted by molar-refractivity contribution is 0.182. The molecule has 6 heteroatoms. The zero-order valence-corrected chi connectivity index (χ0v) is 11.9. The van der Waals surface area contributed by atoms with Crippen molar-refractivity contribution in [3.05, 3.63) is 21.6 Å². The van der Waals surface area contributed by atoms with Gasteiger partial charge in [0.25, 0.3) is 5.56 Å². The smallest absolute Gasteiger partial charge is 0.292 e.